The van der Waals surface area contributed by atoms with E-state index in [1.807, 2.05) is 0 Å². The highest BCUT2D eigenvalue weighted by Gasteiger charge is 2.20. The van der Waals surface area contributed by atoms with Gasteiger partial charge in [-0.3, -0.25) is 0 Å². The molecule has 0 bridgehead atoms. The van der Waals surface area contributed by atoms with Crippen LogP contribution in [0.5, 0.6) is 0 Å². The molecule has 15 heavy (non-hydrogen) atoms. The number of fused-ring (bicyclic) bond motifs is 1. The van der Waals surface area contributed by atoms with Crippen molar-refractivity contribution < 1.29 is 0 Å². The van der Waals surface area contributed by atoms with E-state index in [1.54, 1.807) is 11.1 Å². The Labute approximate surface area is 92.0 Å². The lowest BCUT2D eigenvalue weighted by Crippen LogP contribution is -2.07. The van der Waals surface area contributed by atoms with Crippen molar-refractivity contribution in [2.75, 3.05) is 0 Å². The molecular formula is C15H18. The molecule has 0 radical (unpaired) electrons. The minimum atomic E-state index is 0.855. The standard InChI is InChI=1S/C15H18/c1-2-6-12(7-3-1)14-10-4-8-13-9-5-11-15(13)14/h4-5,8-10,12H,1-3,6-7,11H2. The van der Waals surface area contributed by atoms with Crippen LogP contribution in [0.2, 0.25) is 0 Å². The van der Waals surface area contributed by atoms with E-state index in [1.165, 1.54) is 44.1 Å². The van der Waals surface area contributed by atoms with Gasteiger partial charge in [0.1, 0.15) is 0 Å². The van der Waals surface area contributed by atoms with E-state index in [-0.39, 0.29) is 0 Å². The lowest BCUT2D eigenvalue weighted by atomic mass is 9.81. The maximum absolute atomic E-state index is 2.36. The van der Waals surface area contributed by atoms with Gasteiger partial charge in [-0.25, -0.2) is 0 Å². The van der Waals surface area contributed by atoms with Crippen LogP contribution < -0.4 is 0 Å². The quantitative estimate of drug-likeness (QED) is 0.631. The SMILES string of the molecule is C1=Cc2cccc(C3CCCCC3)c2C1. The van der Waals surface area contributed by atoms with Gasteiger partial charge in [-0.05, 0) is 41.9 Å². The van der Waals surface area contributed by atoms with E-state index < -0.39 is 0 Å². The number of rotatable bonds is 1. The molecule has 0 atom stereocenters. The van der Waals surface area contributed by atoms with Crippen LogP contribution in [0, 0.1) is 0 Å². The van der Waals surface area contributed by atoms with Gasteiger partial charge in [0.2, 0.25) is 0 Å². The van der Waals surface area contributed by atoms with Crippen molar-refractivity contribution in [3.63, 3.8) is 0 Å². The van der Waals surface area contributed by atoms with Crippen LogP contribution >= 0.6 is 0 Å². The summed E-state index contributed by atoms with van der Waals surface area (Å²) in [7, 11) is 0. The smallest absolute Gasteiger partial charge is 0.00853 e. The topological polar surface area (TPSA) is 0 Å². The van der Waals surface area contributed by atoms with E-state index in [0.29, 0.717) is 0 Å². The molecule has 0 aliphatic heterocycles. The largest absolute Gasteiger partial charge is 0.0795 e. The van der Waals surface area contributed by atoms with E-state index in [0.717, 1.165) is 5.92 Å². The van der Waals surface area contributed by atoms with Gasteiger partial charge < -0.3 is 0 Å². The maximum Gasteiger partial charge on any atom is -0.00853 e. The first-order valence-corrected chi connectivity index (χ1v) is 6.23. The summed E-state index contributed by atoms with van der Waals surface area (Å²) in [5.41, 5.74) is 4.74. The molecule has 0 spiro atoms. The highest BCUT2D eigenvalue weighted by Crippen LogP contribution is 2.37. The average molecular weight is 198 g/mol. The van der Waals surface area contributed by atoms with Crippen LogP contribution in [0.4, 0.5) is 0 Å². The van der Waals surface area contributed by atoms with Crippen LogP contribution in [0.25, 0.3) is 6.08 Å². The van der Waals surface area contributed by atoms with E-state index in [4.69, 9.17) is 0 Å². The fraction of sp³-hybridized carbons (Fsp3) is 0.467. The Morgan fingerprint density at radius 1 is 1.00 bits per heavy atom. The first kappa shape index (κ1) is 9.21. The molecule has 0 heterocycles. The summed E-state index contributed by atoms with van der Waals surface area (Å²) in [5, 5.41) is 0. The van der Waals surface area contributed by atoms with Gasteiger partial charge in [0.05, 0.1) is 0 Å². The zero-order chi connectivity index (χ0) is 10.1. The molecule has 1 fully saturated rings. The molecule has 0 nitrogen and oxygen atoms in total. The Balaban J connectivity index is 1.95. The molecule has 2 aliphatic carbocycles. The predicted molar refractivity (Wildman–Crippen MR) is 65.0 cm³/mol. The Morgan fingerprint density at radius 2 is 1.87 bits per heavy atom. The van der Waals surface area contributed by atoms with Crippen LogP contribution in [-0.4, -0.2) is 0 Å². The highest BCUT2D eigenvalue weighted by atomic mass is 14.2. The molecule has 0 N–H and O–H groups in total. The first-order chi connectivity index (χ1) is 7.45. The molecule has 78 valence electrons. The number of hydrogen-bond donors (Lipinski definition) is 0. The van der Waals surface area contributed by atoms with Gasteiger partial charge >= 0.3 is 0 Å². The lowest BCUT2D eigenvalue weighted by molar-refractivity contribution is 0.442. The van der Waals surface area contributed by atoms with Crippen LogP contribution in [-0.2, 0) is 6.42 Å². The van der Waals surface area contributed by atoms with Crippen molar-refractivity contribution in [3.8, 4) is 0 Å². The van der Waals surface area contributed by atoms with Crippen molar-refractivity contribution in [2.45, 2.75) is 44.4 Å². The number of hydrogen-bond acceptors (Lipinski definition) is 0. The molecule has 3 rings (SSSR count). The maximum atomic E-state index is 2.36. The highest BCUT2D eigenvalue weighted by molar-refractivity contribution is 5.62. The second-order valence-corrected chi connectivity index (χ2v) is 4.86. The Hall–Kier alpha value is -1.04. The van der Waals surface area contributed by atoms with Gasteiger partial charge in [0.15, 0.2) is 0 Å². The average Bonchev–Trinajstić information content (AvgIpc) is 2.78. The summed E-state index contributed by atoms with van der Waals surface area (Å²) in [4.78, 5) is 0. The molecule has 1 saturated carbocycles. The molecular weight excluding hydrogens is 180 g/mol. The zero-order valence-corrected chi connectivity index (χ0v) is 9.21. The normalized spacial score (nSPS) is 20.5. The molecule has 0 aromatic heterocycles. The molecule has 0 heteroatoms. The summed E-state index contributed by atoms with van der Waals surface area (Å²) in [6.07, 6.45) is 12.9. The Kier molecular flexibility index (Phi) is 2.36. The number of benzene rings is 1. The summed E-state index contributed by atoms with van der Waals surface area (Å²) in [6, 6.07) is 6.85. The minimum Gasteiger partial charge on any atom is -0.0795 e. The zero-order valence-electron chi connectivity index (χ0n) is 9.21. The minimum absolute atomic E-state index is 0.855. The molecule has 0 amide bonds. The van der Waals surface area contributed by atoms with Crippen LogP contribution in [0.15, 0.2) is 24.3 Å². The Morgan fingerprint density at radius 3 is 2.73 bits per heavy atom. The second kappa shape index (κ2) is 3.84. The van der Waals surface area contributed by atoms with Crippen molar-refractivity contribution in [2.24, 2.45) is 0 Å². The summed E-state index contributed by atoms with van der Waals surface area (Å²) in [6.45, 7) is 0. The molecule has 2 aliphatic rings. The Bertz CT molecular complexity index is 381. The third-order valence-corrected chi connectivity index (χ3v) is 3.91. The molecule has 1 aromatic rings. The van der Waals surface area contributed by atoms with Gasteiger partial charge in [-0.2, -0.15) is 0 Å². The fourth-order valence-electron chi connectivity index (χ4n) is 3.11. The van der Waals surface area contributed by atoms with Gasteiger partial charge in [-0.1, -0.05) is 49.6 Å². The van der Waals surface area contributed by atoms with E-state index in [9.17, 15) is 0 Å². The van der Waals surface area contributed by atoms with Gasteiger partial charge in [0.25, 0.3) is 0 Å². The third kappa shape index (κ3) is 1.62. The van der Waals surface area contributed by atoms with Crippen molar-refractivity contribution in [1.29, 1.82) is 0 Å². The van der Waals surface area contributed by atoms with Crippen molar-refractivity contribution >= 4 is 6.08 Å². The summed E-state index contributed by atoms with van der Waals surface area (Å²) < 4.78 is 0. The fourth-order valence-corrected chi connectivity index (χ4v) is 3.11. The van der Waals surface area contributed by atoms with Crippen LogP contribution in [0.1, 0.15) is 54.7 Å². The van der Waals surface area contributed by atoms with E-state index in [2.05, 4.69) is 30.4 Å². The predicted octanol–water partition coefficient (Wildman–Crippen LogP) is 4.30. The summed E-state index contributed by atoms with van der Waals surface area (Å²) >= 11 is 0. The molecule has 1 aromatic carbocycles. The van der Waals surface area contributed by atoms with Crippen molar-refractivity contribution in [1.82, 2.24) is 0 Å². The van der Waals surface area contributed by atoms with E-state index >= 15 is 0 Å². The summed E-state index contributed by atoms with van der Waals surface area (Å²) in [5.74, 6) is 0.855. The van der Waals surface area contributed by atoms with Crippen molar-refractivity contribution in [3.05, 3.63) is 41.0 Å². The van der Waals surface area contributed by atoms with Gasteiger partial charge in [0, 0.05) is 0 Å². The molecule has 0 saturated heterocycles. The lowest BCUT2D eigenvalue weighted by Gasteiger charge is -2.24. The number of allylic oxidation sites excluding steroid dienone is 1. The van der Waals surface area contributed by atoms with Gasteiger partial charge in [-0.15, -0.1) is 0 Å². The monoisotopic (exact) mass is 198 g/mol. The molecule has 0 unspecified atom stereocenters. The first-order valence-electron chi connectivity index (χ1n) is 6.23. The third-order valence-electron chi connectivity index (χ3n) is 3.91. The second-order valence-electron chi connectivity index (χ2n) is 4.86. The van der Waals surface area contributed by atoms with Crippen LogP contribution in [0.3, 0.4) is 0 Å².